The van der Waals surface area contributed by atoms with Gasteiger partial charge in [0.05, 0.1) is 35.6 Å². The Balaban J connectivity index is 2.00. The number of rotatable bonds is 2. The number of hydrogen-bond donors (Lipinski definition) is 4. The Morgan fingerprint density at radius 3 is 2.28 bits per heavy atom. The number of aliphatic hydroxyl groups is 4. The highest BCUT2D eigenvalue weighted by atomic mass is 16.6. The number of carbonyl (C=O) groups is 2. The Bertz CT molecular complexity index is 802. The zero-order chi connectivity index (χ0) is 21.7. The van der Waals surface area contributed by atoms with Crippen molar-refractivity contribution >= 4 is 11.9 Å². The van der Waals surface area contributed by atoms with E-state index in [2.05, 4.69) is 0 Å². The van der Waals surface area contributed by atoms with Gasteiger partial charge in [-0.25, -0.2) is 4.79 Å². The van der Waals surface area contributed by atoms with Crippen molar-refractivity contribution in [3.8, 4) is 0 Å². The van der Waals surface area contributed by atoms with E-state index in [1.54, 1.807) is 20.8 Å². The van der Waals surface area contributed by atoms with Crippen molar-refractivity contribution in [3.63, 3.8) is 0 Å². The second kappa shape index (κ2) is 6.01. The van der Waals surface area contributed by atoms with E-state index >= 15 is 0 Å². The fourth-order valence-corrected chi connectivity index (χ4v) is 6.24. The Morgan fingerprint density at radius 1 is 1.14 bits per heavy atom. The lowest BCUT2D eigenvalue weighted by Crippen LogP contribution is -2.63. The Labute approximate surface area is 168 Å². The van der Waals surface area contributed by atoms with Gasteiger partial charge in [0.2, 0.25) is 0 Å². The SMILES string of the molecule is COC1C(O)C2C(=C3C(O)C(O)C4(CC(C(C)O)C(=O)O4)C31C)C(=O)OC2(C)C. The molecule has 29 heavy (non-hydrogen) atoms. The number of hydrogen-bond acceptors (Lipinski definition) is 9. The van der Waals surface area contributed by atoms with E-state index in [4.69, 9.17) is 14.2 Å². The van der Waals surface area contributed by atoms with Crippen molar-refractivity contribution in [2.45, 2.75) is 75.8 Å². The maximum absolute atomic E-state index is 12.8. The molecule has 0 aromatic rings. The minimum absolute atomic E-state index is 0.0926. The van der Waals surface area contributed by atoms with Gasteiger partial charge in [-0.2, -0.15) is 0 Å². The van der Waals surface area contributed by atoms with E-state index in [0.717, 1.165) is 0 Å². The van der Waals surface area contributed by atoms with Crippen molar-refractivity contribution in [3.05, 3.63) is 11.1 Å². The van der Waals surface area contributed by atoms with Gasteiger partial charge in [-0.3, -0.25) is 4.79 Å². The molecular formula is C20H28O9. The third-order valence-electron chi connectivity index (χ3n) is 7.60. The molecule has 9 unspecified atom stereocenters. The summed E-state index contributed by atoms with van der Waals surface area (Å²) in [4.78, 5) is 25.3. The molecule has 2 aliphatic carbocycles. The number of ether oxygens (including phenoxy) is 3. The van der Waals surface area contributed by atoms with Crippen LogP contribution in [0.15, 0.2) is 11.1 Å². The number of aliphatic hydroxyl groups excluding tert-OH is 4. The summed E-state index contributed by atoms with van der Waals surface area (Å²) < 4.78 is 16.8. The lowest BCUT2D eigenvalue weighted by atomic mass is 9.58. The molecule has 162 valence electrons. The molecule has 1 spiro atoms. The lowest BCUT2D eigenvalue weighted by molar-refractivity contribution is -0.204. The highest BCUT2D eigenvalue weighted by Gasteiger charge is 2.78. The molecule has 2 aliphatic heterocycles. The summed E-state index contributed by atoms with van der Waals surface area (Å²) >= 11 is 0. The molecule has 1 saturated carbocycles. The van der Waals surface area contributed by atoms with Gasteiger partial charge in [0.1, 0.15) is 17.8 Å². The van der Waals surface area contributed by atoms with Crippen LogP contribution >= 0.6 is 0 Å². The topological polar surface area (TPSA) is 143 Å². The Hall–Kier alpha value is -1.52. The predicted octanol–water partition coefficient (Wildman–Crippen LogP) is -0.951. The van der Waals surface area contributed by atoms with E-state index in [1.807, 2.05) is 0 Å². The van der Waals surface area contributed by atoms with E-state index in [9.17, 15) is 30.0 Å². The number of esters is 2. The summed E-state index contributed by atoms with van der Waals surface area (Å²) in [7, 11) is 1.38. The first-order chi connectivity index (χ1) is 13.3. The van der Waals surface area contributed by atoms with Crippen LogP contribution in [-0.2, 0) is 23.8 Å². The average molecular weight is 412 g/mol. The fourth-order valence-electron chi connectivity index (χ4n) is 6.24. The molecule has 4 aliphatic rings. The molecule has 3 fully saturated rings. The van der Waals surface area contributed by atoms with Gasteiger partial charge >= 0.3 is 11.9 Å². The minimum atomic E-state index is -1.67. The van der Waals surface area contributed by atoms with Crippen molar-refractivity contribution in [1.82, 2.24) is 0 Å². The van der Waals surface area contributed by atoms with Gasteiger partial charge in [-0.15, -0.1) is 0 Å². The predicted molar refractivity (Wildman–Crippen MR) is 96.2 cm³/mol. The monoisotopic (exact) mass is 412 g/mol. The first kappa shape index (κ1) is 20.7. The second-order valence-corrected chi connectivity index (χ2v) is 9.40. The third-order valence-corrected chi connectivity index (χ3v) is 7.60. The Kier molecular flexibility index (Phi) is 4.30. The number of fused-ring (bicyclic) bond motifs is 3. The van der Waals surface area contributed by atoms with Crippen LogP contribution in [0.3, 0.4) is 0 Å². The quantitative estimate of drug-likeness (QED) is 0.422. The van der Waals surface area contributed by atoms with Crippen LogP contribution in [0.25, 0.3) is 0 Å². The zero-order valence-electron chi connectivity index (χ0n) is 17.1. The maximum atomic E-state index is 12.8. The molecule has 9 heteroatoms. The second-order valence-electron chi connectivity index (χ2n) is 9.40. The van der Waals surface area contributed by atoms with E-state index in [-0.39, 0.29) is 17.6 Å². The van der Waals surface area contributed by atoms with Crippen molar-refractivity contribution in [1.29, 1.82) is 0 Å². The molecule has 4 N–H and O–H groups in total. The summed E-state index contributed by atoms with van der Waals surface area (Å²) in [5, 5.41) is 43.3. The molecule has 4 rings (SSSR count). The van der Waals surface area contributed by atoms with Crippen LogP contribution in [0.2, 0.25) is 0 Å². The first-order valence-corrected chi connectivity index (χ1v) is 9.81. The molecule has 9 atom stereocenters. The number of carbonyl (C=O) groups excluding carboxylic acids is 2. The average Bonchev–Trinajstić information content (AvgIpc) is 3.13. The highest BCUT2D eigenvalue weighted by molar-refractivity contribution is 5.94. The standard InChI is InChI=1S/C20H28O9/c1-7(21)8-6-20(29-16(8)25)14(24)12(22)11-9-10(18(2,3)28-17(9)26)13(23)15(27-5)19(11,20)4/h7-8,10,12-15,21-24H,6H2,1-5H3. The van der Waals surface area contributed by atoms with Gasteiger partial charge in [0, 0.05) is 19.1 Å². The summed E-state index contributed by atoms with van der Waals surface area (Å²) in [6, 6.07) is 0. The molecule has 0 bridgehead atoms. The third kappa shape index (κ3) is 2.22. The van der Waals surface area contributed by atoms with Crippen LogP contribution in [0, 0.1) is 17.3 Å². The fraction of sp³-hybridized carbons (Fsp3) is 0.800. The normalized spacial score (nSPS) is 49.1. The molecule has 0 amide bonds. The van der Waals surface area contributed by atoms with Crippen LogP contribution in [-0.4, -0.2) is 81.2 Å². The largest absolute Gasteiger partial charge is 0.456 e. The molecule has 2 saturated heterocycles. The molecular weight excluding hydrogens is 384 g/mol. The van der Waals surface area contributed by atoms with Crippen molar-refractivity contribution in [2.75, 3.05) is 7.11 Å². The number of methoxy groups -OCH3 is 1. The molecule has 0 aromatic carbocycles. The van der Waals surface area contributed by atoms with E-state index < -0.39 is 70.9 Å². The van der Waals surface area contributed by atoms with Gasteiger partial charge in [0.25, 0.3) is 0 Å². The highest BCUT2D eigenvalue weighted by Crippen LogP contribution is 2.66. The van der Waals surface area contributed by atoms with Crippen LogP contribution < -0.4 is 0 Å². The minimum Gasteiger partial charge on any atom is -0.456 e. The molecule has 2 heterocycles. The smallest absolute Gasteiger partial charge is 0.335 e. The van der Waals surface area contributed by atoms with Crippen LogP contribution in [0.5, 0.6) is 0 Å². The first-order valence-electron chi connectivity index (χ1n) is 9.81. The molecule has 0 radical (unpaired) electrons. The van der Waals surface area contributed by atoms with Crippen molar-refractivity contribution in [2.24, 2.45) is 17.3 Å². The summed E-state index contributed by atoms with van der Waals surface area (Å²) in [5.41, 5.74) is -3.87. The summed E-state index contributed by atoms with van der Waals surface area (Å²) in [5.74, 6) is -3.10. The van der Waals surface area contributed by atoms with Gasteiger partial charge in [0.15, 0.2) is 5.60 Å². The molecule has 0 aromatic heterocycles. The maximum Gasteiger partial charge on any atom is 0.335 e. The molecule has 9 nitrogen and oxygen atoms in total. The zero-order valence-corrected chi connectivity index (χ0v) is 17.1. The van der Waals surface area contributed by atoms with Crippen LogP contribution in [0.4, 0.5) is 0 Å². The number of cyclic esters (lactones) is 1. The lowest BCUT2D eigenvalue weighted by Gasteiger charge is -2.51. The van der Waals surface area contributed by atoms with E-state index in [1.165, 1.54) is 14.0 Å². The van der Waals surface area contributed by atoms with Gasteiger partial charge in [-0.1, -0.05) is 0 Å². The van der Waals surface area contributed by atoms with Crippen molar-refractivity contribution < 1.29 is 44.2 Å². The Morgan fingerprint density at radius 2 is 1.76 bits per heavy atom. The van der Waals surface area contributed by atoms with Gasteiger partial charge < -0.3 is 34.6 Å². The summed E-state index contributed by atoms with van der Waals surface area (Å²) in [6.45, 7) is 6.38. The van der Waals surface area contributed by atoms with Crippen LogP contribution in [0.1, 0.15) is 34.1 Å². The summed E-state index contributed by atoms with van der Waals surface area (Å²) in [6.07, 6.45) is -6.45. The van der Waals surface area contributed by atoms with E-state index in [0.29, 0.717) is 0 Å². The van der Waals surface area contributed by atoms with Gasteiger partial charge in [-0.05, 0) is 33.3 Å².